The molecule has 1 unspecified atom stereocenters. The Morgan fingerprint density at radius 1 is 0.477 bits per heavy atom. The third-order valence-corrected chi connectivity index (χ3v) is 16.8. The molecule has 0 bridgehead atoms. The number of carbonyl (C=O) groups excluding carboxylic acids is 11. The van der Waals surface area contributed by atoms with Gasteiger partial charge >= 0.3 is 0 Å². The lowest BCUT2D eigenvalue weighted by Gasteiger charge is -2.41. The minimum absolute atomic E-state index is 0.0255. The Hall–Kier alpha value is -6.13. The van der Waals surface area contributed by atoms with Gasteiger partial charge in [0.2, 0.25) is 65.0 Å². The maximum Gasteiger partial charge on any atom is 0.246 e. The predicted octanol–water partition coefficient (Wildman–Crippen LogP) is 4.44. The molecule has 0 aromatic heterocycles. The number of aliphatic hydroxyl groups is 1. The lowest BCUT2D eigenvalue weighted by Crippen LogP contribution is -2.63. The molecule has 23 nitrogen and oxygen atoms in total. The molecule has 23 heteroatoms. The van der Waals surface area contributed by atoms with E-state index >= 15 is 14.4 Å². The van der Waals surface area contributed by atoms with Crippen molar-refractivity contribution in [1.82, 2.24) is 55.6 Å². The Bertz CT molecular complexity index is 2380. The lowest BCUT2D eigenvalue weighted by molar-refractivity contribution is -0.157. The summed E-state index contributed by atoms with van der Waals surface area (Å²) >= 11 is 0. The van der Waals surface area contributed by atoms with Crippen LogP contribution in [-0.4, -0.2) is 227 Å². The number of carbonyl (C=O) groups is 11. The van der Waals surface area contributed by atoms with E-state index in [0.29, 0.717) is 19.3 Å². The second-order valence-corrected chi connectivity index (χ2v) is 27.1. The van der Waals surface area contributed by atoms with Gasteiger partial charge in [-0.25, -0.2) is 0 Å². The molecule has 0 radical (unpaired) electrons. The maximum absolute atomic E-state index is 15.2. The van der Waals surface area contributed by atoms with Crippen LogP contribution < -0.4 is 21.3 Å². The summed E-state index contributed by atoms with van der Waals surface area (Å²) < 4.78 is 0. The van der Waals surface area contributed by atoms with Crippen molar-refractivity contribution in [2.75, 3.05) is 55.9 Å². The van der Waals surface area contributed by atoms with Crippen LogP contribution in [0, 0.1) is 41.4 Å². The van der Waals surface area contributed by atoms with Crippen molar-refractivity contribution in [3.63, 3.8) is 0 Å². The average molecular weight is 1240 g/mol. The van der Waals surface area contributed by atoms with Gasteiger partial charge in [0.15, 0.2) is 0 Å². The van der Waals surface area contributed by atoms with Crippen LogP contribution in [0.5, 0.6) is 0 Å². The summed E-state index contributed by atoms with van der Waals surface area (Å²) in [5.41, 5.74) is 0. The van der Waals surface area contributed by atoms with Crippen LogP contribution in [0.3, 0.4) is 0 Å². The van der Waals surface area contributed by atoms with Gasteiger partial charge in [-0.3, -0.25) is 52.7 Å². The van der Waals surface area contributed by atoms with Crippen molar-refractivity contribution in [2.24, 2.45) is 41.4 Å². The van der Waals surface area contributed by atoms with Gasteiger partial charge in [0, 0.05) is 49.3 Å². The maximum atomic E-state index is 15.2. The largest absolute Gasteiger partial charge is 0.390 e. The fourth-order valence-electron chi connectivity index (χ4n) is 11.3. The molecule has 5 N–H and O–H groups in total. The van der Waals surface area contributed by atoms with E-state index in [-0.39, 0.29) is 62.2 Å². The number of aliphatic hydroxyl groups excluding tert-OH is 1. The highest BCUT2D eigenvalue weighted by molar-refractivity contribution is 5.99. The first kappa shape index (κ1) is 79.9. The Morgan fingerprint density at radius 3 is 1.40 bits per heavy atom. The second-order valence-electron chi connectivity index (χ2n) is 27.1. The number of rotatable bonds is 18. The Kier molecular flexibility index (Phi) is 33.7. The number of likely N-dealkylation sites (N-methyl/N-ethyl adjacent to an activating group) is 7. The number of unbranched alkanes of at least 4 members (excludes halogenated alkanes) is 1. The van der Waals surface area contributed by atoms with Crippen LogP contribution in [0.15, 0.2) is 12.2 Å². The highest BCUT2D eigenvalue weighted by atomic mass is 16.3. The normalized spacial score (nSPS) is 26.4. The zero-order valence-electron chi connectivity index (χ0n) is 58.2. The molecular formula is C65H117N11O12. The van der Waals surface area contributed by atoms with Crippen molar-refractivity contribution in [3.05, 3.63) is 12.2 Å². The molecule has 1 aliphatic heterocycles. The van der Waals surface area contributed by atoms with E-state index in [4.69, 9.17) is 0 Å². The molecule has 11 amide bonds. The molecule has 0 saturated carbocycles. The lowest BCUT2D eigenvalue weighted by atomic mass is 9.91. The zero-order chi connectivity index (χ0) is 68.1. The van der Waals surface area contributed by atoms with Gasteiger partial charge in [-0.1, -0.05) is 129 Å². The molecule has 1 aliphatic rings. The van der Waals surface area contributed by atoms with Gasteiger partial charge < -0.3 is 60.7 Å². The van der Waals surface area contributed by atoms with Crippen molar-refractivity contribution in [3.8, 4) is 0 Å². The first-order chi connectivity index (χ1) is 40.7. The molecule has 0 aliphatic carbocycles. The van der Waals surface area contributed by atoms with E-state index in [9.17, 15) is 43.5 Å². The SMILES string of the molecule is C/C=C/C[C@@H](C)[C@@H](O)[C@H]1C(=O)N[C@@H](CC)C(=O)N(C)CC(=O)N(C)[C@@H](CCCC)C(=O)N[C@@H](C(C)C)C(=O)N(C)[C@@H](CC(C)C)C(=O)NC(CC(C)C)C(=O)N[C@H](C)C(=O)N(C)[C@@H](CC(C)C)C(=O)N(C)[C@H](CC(C)C)C(=O)N(C)[C@@H](C(C)C)C(=O)N1C. The topological polar surface area (TPSA) is 279 Å². The number of nitrogens with zero attached hydrogens (tertiary/aromatic N) is 7. The van der Waals surface area contributed by atoms with E-state index in [0.717, 1.165) is 9.80 Å². The van der Waals surface area contributed by atoms with E-state index in [1.807, 2.05) is 68.4 Å². The van der Waals surface area contributed by atoms with Gasteiger partial charge in [-0.05, 0) is 100 Å². The number of hydrogen-bond donors (Lipinski definition) is 5. The van der Waals surface area contributed by atoms with Crippen LogP contribution in [0.1, 0.15) is 175 Å². The summed E-state index contributed by atoms with van der Waals surface area (Å²) in [4.78, 5) is 170. The van der Waals surface area contributed by atoms with Crippen LogP contribution in [0.4, 0.5) is 0 Å². The van der Waals surface area contributed by atoms with Crippen LogP contribution in [-0.2, 0) is 52.7 Å². The van der Waals surface area contributed by atoms with E-state index in [1.165, 1.54) is 80.8 Å². The summed E-state index contributed by atoms with van der Waals surface area (Å²) in [6.07, 6.45) is 4.40. The Morgan fingerprint density at radius 2 is 0.932 bits per heavy atom. The highest BCUT2D eigenvalue weighted by Crippen LogP contribution is 2.26. The number of amides is 11. The molecule has 88 heavy (non-hydrogen) atoms. The Balaban J connectivity index is 4.41. The number of hydrogen-bond acceptors (Lipinski definition) is 12. The summed E-state index contributed by atoms with van der Waals surface area (Å²) in [5, 5.41) is 23.4. The molecule has 12 atom stereocenters. The highest BCUT2D eigenvalue weighted by Gasteiger charge is 2.46. The predicted molar refractivity (Wildman–Crippen MR) is 342 cm³/mol. The molecular weight excluding hydrogens is 1130 g/mol. The summed E-state index contributed by atoms with van der Waals surface area (Å²) in [6, 6.07) is -12.3. The van der Waals surface area contributed by atoms with Crippen LogP contribution >= 0.6 is 0 Å². The smallest absolute Gasteiger partial charge is 0.246 e. The number of nitrogens with one attached hydrogen (secondary N) is 4. The minimum Gasteiger partial charge on any atom is -0.390 e. The first-order valence-electron chi connectivity index (χ1n) is 32.1. The Labute approximate surface area is 527 Å². The number of allylic oxidation sites excluding steroid dienone is 2. The monoisotopic (exact) mass is 1240 g/mol. The molecule has 1 saturated heterocycles. The molecule has 504 valence electrons. The second kappa shape index (κ2) is 37.1. The first-order valence-corrected chi connectivity index (χ1v) is 32.1. The van der Waals surface area contributed by atoms with Gasteiger partial charge in [0.1, 0.15) is 60.4 Å². The fourth-order valence-corrected chi connectivity index (χ4v) is 11.3. The third-order valence-electron chi connectivity index (χ3n) is 16.8. The molecule has 1 rings (SSSR count). The van der Waals surface area contributed by atoms with Crippen molar-refractivity contribution in [2.45, 2.75) is 242 Å². The molecule has 1 heterocycles. The van der Waals surface area contributed by atoms with Gasteiger partial charge in [0.25, 0.3) is 0 Å². The van der Waals surface area contributed by atoms with Gasteiger partial charge in [0.05, 0.1) is 12.6 Å². The van der Waals surface area contributed by atoms with Crippen molar-refractivity contribution < 1.29 is 57.8 Å². The fraction of sp³-hybridized carbons (Fsp3) is 0.800. The van der Waals surface area contributed by atoms with Gasteiger partial charge in [-0.15, -0.1) is 0 Å². The standard InChI is InChI=1S/C65H117N11O12/c1-25-28-30-43(16)55(78)54-59(82)67-45(27-3)61(84)70(18)36-51(77)71(19)47(31-29-26-2)57(80)69-52(41(12)13)64(87)72(20)48(33-38(6)7)58(81)68-46(32-37(4)5)56(79)66-44(17)60(83)73(21)49(34-39(8)9)62(85)74(22)50(35-40(10)11)63(86)75(23)53(42(14)15)65(88)76(54)24/h25,28,37-50,52-55,78H,26-27,29-36H2,1-24H3,(H,66,79)(H,67,82)(H,68,81)(H,69,80)/b28-25+/t43-,44-,45+,46?,47+,48+,49+,50-,52+,53+,54+,55-/m1/s1. The molecule has 0 aromatic carbocycles. The van der Waals surface area contributed by atoms with E-state index in [2.05, 4.69) is 21.3 Å². The van der Waals surface area contributed by atoms with Crippen molar-refractivity contribution in [1.29, 1.82) is 0 Å². The van der Waals surface area contributed by atoms with Crippen LogP contribution in [0.2, 0.25) is 0 Å². The van der Waals surface area contributed by atoms with Gasteiger partial charge in [-0.2, -0.15) is 0 Å². The molecule has 0 aromatic rings. The van der Waals surface area contributed by atoms with Crippen LogP contribution in [0.25, 0.3) is 0 Å². The minimum atomic E-state index is -1.61. The van der Waals surface area contributed by atoms with Crippen molar-refractivity contribution >= 4 is 65.0 Å². The molecule has 1 fully saturated rings. The summed E-state index contributed by atoms with van der Waals surface area (Å²) in [7, 11) is 10.00. The third kappa shape index (κ3) is 22.7. The zero-order valence-corrected chi connectivity index (χ0v) is 58.2. The average Bonchev–Trinajstić information content (AvgIpc) is 3.27. The van der Waals surface area contributed by atoms with E-state index < -0.39 is 156 Å². The summed E-state index contributed by atoms with van der Waals surface area (Å²) in [6.45, 7) is 30.0. The quantitative estimate of drug-likeness (QED) is 0.119. The molecule has 0 spiro atoms. The van der Waals surface area contributed by atoms with E-state index in [1.54, 1.807) is 54.5 Å². The summed E-state index contributed by atoms with van der Waals surface area (Å²) in [5.74, 6) is -9.57.